The number of carbonyl (C=O) groups excluding carboxylic acids is 1. The van der Waals surface area contributed by atoms with Gasteiger partial charge in [0.05, 0.1) is 9.26 Å². The van der Waals surface area contributed by atoms with Gasteiger partial charge >= 0.3 is 5.69 Å². The van der Waals surface area contributed by atoms with Gasteiger partial charge in [-0.3, -0.25) is 14.9 Å². The van der Waals surface area contributed by atoms with Crippen LogP contribution in [-0.2, 0) is 6.42 Å². The molecule has 2 heterocycles. The molecule has 0 aliphatic heterocycles. The molecule has 2 aromatic rings. The molecule has 0 unspecified atom stereocenters. The minimum atomic E-state index is -0.719. The number of hydrogen-bond donors (Lipinski definition) is 1. The fraction of sp³-hybridized carbons (Fsp3) is 0.167. The Kier molecular flexibility index (Phi) is 5.11. The molecule has 0 saturated heterocycles. The van der Waals surface area contributed by atoms with E-state index in [1.54, 1.807) is 6.07 Å². The maximum absolute atomic E-state index is 12.0. The maximum Gasteiger partial charge on any atom is 0.319 e. The second-order valence-corrected chi connectivity index (χ2v) is 6.12. The lowest BCUT2D eigenvalue weighted by Gasteiger charge is -2.05. The van der Waals surface area contributed by atoms with Crippen molar-refractivity contribution in [3.63, 3.8) is 0 Å². The van der Waals surface area contributed by atoms with Crippen molar-refractivity contribution in [1.82, 2.24) is 10.3 Å². The summed E-state index contributed by atoms with van der Waals surface area (Å²) in [6.45, 7) is 0.340. The van der Waals surface area contributed by atoms with Crippen LogP contribution < -0.4 is 5.32 Å². The van der Waals surface area contributed by atoms with Gasteiger partial charge in [-0.25, -0.2) is 4.98 Å². The van der Waals surface area contributed by atoms with Crippen molar-refractivity contribution >= 4 is 46.1 Å². The minimum Gasteiger partial charge on any atom is -0.351 e. The number of amides is 1. The van der Waals surface area contributed by atoms with Crippen LogP contribution in [0.3, 0.4) is 0 Å². The smallest absolute Gasteiger partial charge is 0.319 e. The van der Waals surface area contributed by atoms with Crippen LogP contribution in [0.5, 0.6) is 0 Å². The van der Waals surface area contributed by atoms with Gasteiger partial charge in [0.15, 0.2) is 0 Å². The zero-order valence-corrected chi connectivity index (χ0v) is 12.8. The van der Waals surface area contributed by atoms with Crippen molar-refractivity contribution in [2.45, 2.75) is 6.42 Å². The van der Waals surface area contributed by atoms with E-state index in [-0.39, 0.29) is 10.7 Å². The van der Waals surface area contributed by atoms with Crippen molar-refractivity contribution in [2.24, 2.45) is 0 Å². The van der Waals surface area contributed by atoms with E-state index < -0.39 is 16.5 Å². The molecule has 6 nitrogen and oxygen atoms in total. The van der Waals surface area contributed by atoms with Crippen LogP contribution >= 0.6 is 34.5 Å². The summed E-state index contributed by atoms with van der Waals surface area (Å²) in [6, 6.07) is 4.91. The zero-order chi connectivity index (χ0) is 15.4. The van der Waals surface area contributed by atoms with E-state index in [9.17, 15) is 14.9 Å². The molecule has 21 heavy (non-hydrogen) atoms. The summed E-state index contributed by atoms with van der Waals surface area (Å²) < 4.78 is 0.674. The molecule has 9 heteroatoms. The minimum absolute atomic E-state index is 0.107. The lowest BCUT2D eigenvalue weighted by atomic mass is 10.2. The fourth-order valence-corrected chi connectivity index (χ4v) is 2.98. The summed E-state index contributed by atoms with van der Waals surface area (Å²) in [6.07, 6.45) is 1.85. The summed E-state index contributed by atoms with van der Waals surface area (Å²) in [5.41, 5.74) is -0.597. The van der Waals surface area contributed by atoms with Crippen LogP contribution in [-0.4, -0.2) is 22.4 Å². The molecule has 110 valence electrons. The highest BCUT2D eigenvalue weighted by atomic mass is 35.5. The molecular weight excluding hydrogens is 337 g/mol. The quantitative estimate of drug-likeness (QED) is 0.511. The van der Waals surface area contributed by atoms with Crippen molar-refractivity contribution in [2.75, 3.05) is 6.54 Å². The molecular formula is C12H9Cl2N3O3S. The standard InChI is InChI=1S/C12H9Cl2N3O3S/c13-9-2-1-7(21-9)3-5-16-12(18)8-4-6-15-11(14)10(8)17(19)20/h1-2,4,6H,3,5H2,(H,16,18). The van der Waals surface area contributed by atoms with Crippen LogP contribution in [0.15, 0.2) is 24.4 Å². The fourth-order valence-electron chi connectivity index (χ4n) is 1.67. The molecule has 0 radical (unpaired) electrons. The molecule has 0 aromatic carbocycles. The molecule has 0 spiro atoms. The first-order chi connectivity index (χ1) is 9.99. The third-order valence-electron chi connectivity index (χ3n) is 2.59. The number of aromatic nitrogens is 1. The second kappa shape index (κ2) is 6.84. The lowest BCUT2D eigenvalue weighted by molar-refractivity contribution is -0.385. The number of nitrogens with one attached hydrogen (secondary N) is 1. The first-order valence-corrected chi connectivity index (χ1v) is 7.37. The summed E-state index contributed by atoms with van der Waals surface area (Å²) in [4.78, 5) is 26.8. The molecule has 0 atom stereocenters. The van der Waals surface area contributed by atoms with Crippen LogP contribution in [0, 0.1) is 10.1 Å². The van der Waals surface area contributed by atoms with Crippen LogP contribution in [0.25, 0.3) is 0 Å². The molecule has 2 aromatic heterocycles. The van der Waals surface area contributed by atoms with Crippen molar-refractivity contribution in [3.8, 4) is 0 Å². The average molecular weight is 346 g/mol. The van der Waals surface area contributed by atoms with Crippen LogP contribution in [0.1, 0.15) is 15.2 Å². The number of thiophene rings is 1. The van der Waals surface area contributed by atoms with Gasteiger partial charge in [0.2, 0.25) is 5.15 Å². The monoisotopic (exact) mass is 345 g/mol. The number of pyridine rings is 1. The molecule has 2 rings (SSSR count). The lowest BCUT2D eigenvalue weighted by Crippen LogP contribution is -2.26. The number of nitro groups is 1. The maximum atomic E-state index is 12.0. The van der Waals surface area contributed by atoms with E-state index in [0.717, 1.165) is 4.88 Å². The van der Waals surface area contributed by atoms with E-state index in [1.165, 1.54) is 23.6 Å². The third-order valence-corrected chi connectivity index (χ3v) is 4.16. The molecule has 1 amide bonds. The van der Waals surface area contributed by atoms with Gasteiger partial charge in [-0.15, -0.1) is 11.3 Å². The predicted octanol–water partition coefficient (Wildman–Crippen LogP) is 3.33. The van der Waals surface area contributed by atoms with Crippen LogP contribution in [0.2, 0.25) is 9.49 Å². The SMILES string of the molecule is O=C(NCCc1ccc(Cl)s1)c1ccnc(Cl)c1[N+](=O)[O-]. The normalized spacial score (nSPS) is 10.4. The van der Waals surface area contributed by atoms with Gasteiger partial charge in [-0.2, -0.15) is 0 Å². The Hall–Kier alpha value is -1.70. The topological polar surface area (TPSA) is 85.1 Å². The van der Waals surface area contributed by atoms with Gasteiger partial charge in [0.1, 0.15) is 5.56 Å². The van der Waals surface area contributed by atoms with E-state index in [2.05, 4.69) is 10.3 Å². The first-order valence-electron chi connectivity index (χ1n) is 5.80. The van der Waals surface area contributed by atoms with Gasteiger partial charge < -0.3 is 5.32 Å². The molecule has 0 bridgehead atoms. The van der Waals surface area contributed by atoms with Gasteiger partial charge in [-0.1, -0.05) is 23.2 Å². The van der Waals surface area contributed by atoms with Crippen LogP contribution in [0.4, 0.5) is 5.69 Å². The predicted molar refractivity (Wildman–Crippen MR) is 81.3 cm³/mol. The van der Waals surface area contributed by atoms with Gasteiger partial charge in [0, 0.05) is 17.6 Å². The largest absolute Gasteiger partial charge is 0.351 e. The Morgan fingerprint density at radius 2 is 2.14 bits per heavy atom. The molecule has 0 aliphatic carbocycles. The van der Waals surface area contributed by atoms with Crippen molar-refractivity contribution in [3.05, 3.63) is 54.4 Å². The molecule has 0 fully saturated rings. The highest BCUT2D eigenvalue weighted by Gasteiger charge is 2.24. The Labute approximate surface area is 133 Å². The van der Waals surface area contributed by atoms with E-state index in [0.29, 0.717) is 17.3 Å². The van der Waals surface area contributed by atoms with Gasteiger partial charge in [0.25, 0.3) is 5.91 Å². The highest BCUT2D eigenvalue weighted by Crippen LogP contribution is 2.26. The second-order valence-electron chi connectivity index (χ2n) is 3.97. The van der Waals surface area contributed by atoms with Crippen molar-refractivity contribution in [1.29, 1.82) is 0 Å². The number of nitrogens with zero attached hydrogens (tertiary/aromatic N) is 2. The van der Waals surface area contributed by atoms with E-state index in [4.69, 9.17) is 23.2 Å². The summed E-state index contributed by atoms with van der Waals surface area (Å²) >= 11 is 12.9. The van der Waals surface area contributed by atoms with Gasteiger partial charge in [-0.05, 0) is 24.6 Å². The molecule has 0 aliphatic rings. The van der Waals surface area contributed by atoms with E-state index >= 15 is 0 Å². The summed E-state index contributed by atoms with van der Waals surface area (Å²) in [5, 5.41) is 13.2. The number of carbonyl (C=O) groups is 1. The average Bonchev–Trinajstić information content (AvgIpc) is 2.83. The number of halogens is 2. The van der Waals surface area contributed by atoms with Crippen molar-refractivity contribution < 1.29 is 9.72 Å². The Morgan fingerprint density at radius 1 is 1.38 bits per heavy atom. The highest BCUT2D eigenvalue weighted by molar-refractivity contribution is 7.16. The molecule has 1 N–H and O–H groups in total. The number of hydrogen-bond acceptors (Lipinski definition) is 5. The summed E-state index contributed by atoms with van der Waals surface area (Å²) in [5.74, 6) is -0.561. The van der Waals surface area contributed by atoms with E-state index in [1.807, 2.05) is 6.07 Å². The molecule has 0 saturated carbocycles. The summed E-state index contributed by atoms with van der Waals surface area (Å²) in [7, 11) is 0. The third kappa shape index (κ3) is 3.90. The Balaban J connectivity index is 2.04. The zero-order valence-electron chi connectivity index (χ0n) is 10.5. The number of rotatable bonds is 5. The Bertz CT molecular complexity index is 690. The first kappa shape index (κ1) is 15.7. The Morgan fingerprint density at radius 3 is 2.76 bits per heavy atom.